The summed E-state index contributed by atoms with van der Waals surface area (Å²) in [5, 5.41) is 18.8. The van der Waals surface area contributed by atoms with E-state index in [0.717, 1.165) is 29.7 Å². The fourth-order valence-electron chi connectivity index (χ4n) is 5.26. The lowest BCUT2D eigenvalue weighted by Crippen LogP contribution is -2.57. The molecule has 0 fully saturated rings. The summed E-state index contributed by atoms with van der Waals surface area (Å²) in [7, 11) is -3.85. The molecule has 250 valence electrons. The van der Waals surface area contributed by atoms with E-state index in [0.29, 0.717) is 31.9 Å². The van der Waals surface area contributed by atoms with Gasteiger partial charge in [-0.2, -0.15) is 0 Å². The van der Waals surface area contributed by atoms with Crippen LogP contribution in [0.2, 0.25) is 0 Å². The lowest BCUT2D eigenvalue weighted by atomic mass is 10.00. The minimum Gasteiger partial charge on any atom is -0.390 e. The number of sulfone groups is 1. The Kier molecular flexibility index (Phi) is 14.2. The summed E-state index contributed by atoms with van der Waals surface area (Å²) in [4.78, 5) is 30.8. The molecule has 46 heavy (non-hydrogen) atoms. The molecule has 0 radical (unpaired) electrons. The normalized spacial score (nSPS) is 14.2. The number of aryl methyl sites for hydroxylation is 1. The molecule has 1 aromatic heterocycles. The first-order chi connectivity index (χ1) is 21.9. The first-order valence-corrected chi connectivity index (χ1v) is 17.3. The van der Waals surface area contributed by atoms with Crippen molar-refractivity contribution < 1.29 is 31.9 Å². The van der Waals surface area contributed by atoms with E-state index < -0.39 is 62.5 Å². The average molecular weight is 659 g/mol. The third-order valence-electron chi connectivity index (χ3n) is 7.74. The Hall–Kier alpha value is -3.74. The number of carbonyl (C=O) groups excluding carboxylic acids is 2. The summed E-state index contributed by atoms with van der Waals surface area (Å²) in [6.45, 7) is 6.06. The molecule has 3 aromatic rings. The van der Waals surface area contributed by atoms with Crippen molar-refractivity contribution in [1.82, 2.24) is 20.9 Å². The van der Waals surface area contributed by atoms with Gasteiger partial charge in [0, 0.05) is 25.4 Å². The fourth-order valence-corrected chi connectivity index (χ4v) is 7.33. The van der Waals surface area contributed by atoms with Crippen LogP contribution in [0.5, 0.6) is 0 Å². The third kappa shape index (κ3) is 11.3. The molecule has 0 aliphatic heterocycles. The maximum atomic E-state index is 14.1. The van der Waals surface area contributed by atoms with Gasteiger partial charge < -0.3 is 21.1 Å². The van der Waals surface area contributed by atoms with Gasteiger partial charge in [0.25, 0.3) is 5.91 Å². The van der Waals surface area contributed by atoms with Gasteiger partial charge in [-0.15, -0.1) is 0 Å². The first-order valence-electron chi connectivity index (χ1n) is 15.6. The topological polar surface area (TPSA) is 137 Å². The largest absolute Gasteiger partial charge is 0.390 e. The van der Waals surface area contributed by atoms with Gasteiger partial charge in [-0.1, -0.05) is 57.5 Å². The molecule has 2 amide bonds. The molecule has 0 saturated heterocycles. The van der Waals surface area contributed by atoms with Gasteiger partial charge in [0.15, 0.2) is 9.84 Å². The molecule has 2 aromatic carbocycles. The van der Waals surface area contributed by atoms with E-state index in [-0.39, 0.29) is 24.2 Å². The Morgan fingerprint density at radius 1 is 0.913 bits per heavy atom. The number of nitrogens with one attached hydrogen (secondary N) is 3. The van der Waals surface area contributed by atoms with E-state index in [1.54, 1.807) is 19.1 Å². The van der Waals surface area contributed by atoms with Crippen molar-refractivity contribution in [2.24, 2.45) is 0 Å². The van der Waals surface area contributed by atoms with Crippen LogP contribution in [0, 0.1) is 11.6 Å². The molecule has 0 spiro atoms. The summed E-state index contributed by atoms with van der Waals surface area (Å²) < 4.78 is 54.9. The van der Waals surface area contributed by atoms with Crippen LogP contribution >= 0.6 is 0 Å². The van der Waals surface area contributed by atoms with E-state index >= 15 is 0 Å². The predicted molar refractivity (Wildman–Crippen MR) is 174 cm³/mol. The number of aliphatic hydroxyl groups excluding tert-OH is 1. The van der Waals surface area contributed by atoms with Crippen LogP contribution in [0.15, 0.2) is 66.9 Å². The second-order valence-corrected chi connectivity index (χ2v) is 13.7. The highest BCUT2D eigenvalue weighted by atomic mass is 32.2. The van der Waals surface area contributed by atoms with E-state index in [1.807, 2.05) is 38.1 Å². The van der Waals surface area contributed by atoms with Crippen LogP contribution in [0.25, 0.3) is 0 Å². The Balaban J connectivity index is 1.86. The number of aliphatic hydroxyl groups is 1. The summed E-state index contributed by atoms with van der Waals surface area (Å²) in [6.07, 6.45) is 2.17. The number of pyridine rings is 1. The summed E-state index contributed by atoms with van der Waals surface area (Å²) in [6, 6.07) is 12.8. The van der Waals surface area contributed by atoms with Crippen molar-refractivity contribution in [3.05, 3.63) is 101 Å². The molecule has 0 aliphatic carbocycles. The molecule has 0 bridgehead atoms. The molecular weight excluding hydrogens is 614 g/mol. The van der Waals surface area contributed by atoms with Gasteiger partial charge in [0.2, 0.25) is 5.91 Å². The van der Waals surface area contributed by atoms with Crippen molar-refractivity contribution in [2.75, 3.05) is 12.3 Å². The minimum atomic E-state index is -3.85. The molecule has 12 heteroatoms. The highest BCUT2D eigenvalue weighted by Crippen LogP contribution is 2.16. The van der Waals surface area contributed by atoms with Gasteiger partial charge >= 0.3 is 0 Å². The van der Waals surface area contributed by atoms with Gasteiger partial charge in [0.1, 0.15) is 23.4 Å². The van der Waals surface area contributed by atoms with Crippen LogP contribution in [0.3, 0.4) is 0 Å². The van der Waals surface area contributed by atoms with E-state index in [4.69, 9.17) is 0 Å². The van der Waals surface area contributed by atoms with Gasteiger partial charge in [-0.25, -0.2) is 17.2 Å². The molecule has 1 heterocycles. The first kappa shape index (κ1) is 36.7. The number of aromatic nitrogens is 1. The lowest BCUT2D eigenvalue weighted by molar-refractivity contribution is -0.124. The Morgan fingerprint density at radius 2 is 1.63 bits per heavy atom. The van der Waals surface area contributed by atoms with Crippen LogP contribution < -0.4 is 16.0 Å². The second kappa shape index (κ2) is 17.8. The molecule has 9 nitrogen and oxygen atoms in total. The smallest absolute Gasteiger partial charge is 0.270 e. The quantitative estimate of drug-likeness (QED) is 0.163. The molecule has 1 unspecified atom stereocenters. The number of hydrogen-bond acceptors (Lipinski definition) is 7. The average Bonchev–Trinajstić information content (AvgIpc) is 3.02. The van der Waals surface area contributed by atoms with Crippen molar-refractivity contribution in [2.45, 2.75) is 82.9 Å². The highest BCUT2D eigenvalue weighted by Gasteiger charge is 2.34. The van der Waals surface area contributed by atoms with Crippen LogP contribution in [0.1, 0.15) is 67.2 Å². The highest BCUT2D eigenvalue weighted by molar-refractivity contribution is 7.92. The van der Waals surface area contributed by atoms with Crippen LogP contribution in [-0.2, 0) is 34.0 Å². The number of benzene rings is 2. The molecule has 4 N–H and O–H groups in total. The predicted octanol–water partition coefficient (Wildman–Crippen LogP) is 3.89. The monoisotopic (exact) mass is 658 g/mol. The third-order valence-corrected chi connectivity index (χ3v) is 10.1. The SMILES string of the molecule is CCCC(CC)S(=O)(=O)C[C@H](NC(=O)c1ccccn1)C(=O)N[C@@H](Cc1cc(F)cc(F)c1)[C@H](O)CNCc1cccc(CC)c1. The Bertz CT molecular complexity index is 1520. The zero-order valence-corrected chi connectivity index (χ0v) is 27.3. The maximum Gasteiger partial charge on any atom is 0.270 e. The zero-order valence-electron chi connectivity index (χ0n) is 26.5. The van der Waals surface area contributed by atoms with E-state index in [9.17, 15) is 31.9 Å². The number of nitrogens with zero attached hydrogens (tertiary/aromatic N) is 1. The molecular formula is C34H44F2N4O5S. The van der Waals surface area contributed by atoms with E-state index in [1.165, 1.54) is 12.3 Å². The number of amides is 2. The second-order valence-electron chi connectivity index (χ2n) is 11.4. The molecule has 3 rings (SSSR count). The van der Waals surface area contributed by atoms with Crippen LogP contribution in [0.4, 0.5) is 8.78 Å². The van der Waals surface area contributed by atoms with Gasteiger partial charge in [0.05, 0.1) is 23.1 Å². The number of rotatable bonds is 18. The van der Waals surface area contributed by atoms with Crippen LogP contribution in [-0.4, -0.2) is 66.1 Å². The number of halogens is 2. The number of hydrogen-bond donors (Lipinski definition) is 4. The van der Waals surface area contributed by atoms with E-state index in [2.05, 4.69) is 20.9 Å². The minimum absolute atomic E-state index is 0.00321. The summed E-state index contributed by atoms with van der Waals surface area (Å²) in [5.74, 6) is -3.94. The summed E-state index contributed by atoms with van der Waals surface area (Å²) in [5.41, 5.74) is 2.30. The van der Waals surface area contributed by atoms with Gasteiger partial charge in [-0.05, 0) is 66.6 Å². The molecule has 0 saturated carbocycles. The van der Waals surface area contributed by atoms with Crippen molar-refractivity contribution in [3.8, 4) is 0 Å². The molecule has 0 aliphatic rings. The standard InChI is InChI=1S/C34H44F2N4O5S/c1-4-10-28(6-3)46(44,45)22-31(40-33(42)29-13-7-8-14-38-29)34(43)39-30(18-25-16-26(35)19-27(36)17-25)32(41)21-37-20-24-12-9-11-23(5-2)15-24/h7-9,11-17,19,28,30-32,37,41H,4-6,10,18,20-22H2,1-3H3,(H,39,43)(H,40,42)/t28?,30-,31-,32+/m0/s1. The van der Waals surface area contributed by atoms with Crippen molar-refractivity contribution in [1.29, 1.82) is 0 Å². The molecule has 4 atom stereocenters. The Labute approximate surface area is 270 Å². The van der Waals surface area contributed by atoms with Crippen molar-refractivity contribution in [3.63, 3.8) is 0 Å². The van der Waals surface area contributed by atoms with Gasteiger partial charge in [-0.3, -0.25) is 14.6 Å². The Morgan fingerprint density at radius 3 is 2.26 bits per heavy atom. The maximum absolute atomic E-state index is 14.1. The van der Waals surface area contributed by atoms with Crippen molar-refractivity contribution >= 4 is 21.7 Å². The number of carbonyl (C=O) groups is 2. The summed E-state index contributed by atoms with van der Waals surface area (Å²) >= 11 is 0. The fraction of sp³-hybridized carbons (Fsp3) is 0.441. The lowest BCUT2D eigenvalue weighted by Gasteiger charge is -2.28. The zero-order chi connectivity index (χ0) is 33.7.